The summed E-state index contributed by atoms with van der Waals surface area (Å²) >= 11 is 6.28. The molecule has 31 heavy (non-hydrogen) atoms. The fourth-order valence-electron chi connectivity index (χ4n) is 4.07. The Balaban J connectivity index is 1.48. The third-order valence-electron chi connectivity index (χ3n) is 5.88. The fraction of sp³-hybridized carbons (Fsp3) is 0.409. The topological polar surface area (TPSA) is 60.9 Å². The van der Waals surface area contributed by atoms with Gasteiger partial charge in [-0.3, -0.25) is 4.79 Å². The Kier molecular flexibility index (Phi) is 6.50. The monoisotopic (exact) mass is 465 g/mol. The van der Waals surface area contributed by atoms with Gasteiger partial charge in [0.15, 0.2) is 0 Å². The van der Waals surface area contributed by atoms with Crippen LogP contribution in [0.1, 0.15) is 29.6 Å². The van der Waals surface area contributed by atoms with Crippen LogP contribution >= 0.6 is 11.6 Å². The quantitative estimate of drug-likeness (QED) is 0.692. The number of carbonyl (C=O) groups is 1. The summed E-state index contributed by atoms with van der Waals surface area (Å²) in [5, 5.41) is 0.239. The van der Waals surface area contributed by atoms with Crippen LogP contribution in [0.25, 0.3) is 0 Å². The van der Waals surface area contributed by atoms with Crippen molar-refractivity contribution in [3.8, 4) is 0 Å². The standard InChI is InChI=1S/C22H25ClFN3O3S/c23-21-9-8-19(31(29,30)27-10-2-1-3-11-27)16-20(21)22(28)26-14-12-25(13-15-26)18-6-4-17(24)5-7-18/h4-9,16H,1-3,10-15H2. The van der Waals surface area contributed by atoms with Crippen molar-refractivity contribution in [1.29, 1.82) is 0 Å². The lowest BCUT2D eigenvalue weighted by Gasteiger charge is -2.36. The first-order valence-corrected chi connectivity index (χ1v) is 12.3. The molecule has 0 radical (unpaired) electrons. The van der Waals surface area contributed by atoms with E-state index in [9.17, 15) is 17.6 Å². The maximum atomic E-state index is 13.2. The Labute approximate surface area is 187 Å². The summed E-state index contributed by atoms with van der Waals surface area (Å²) in [7, 11) is -3.65. The molecule has 4 rings (SSSR count). The highest BCUT2D eigenvalue weighted by atomic mass is 35.5. The van der Waals surface area contributed by atoms with Gasteiger partial charge in [-0.15, -0.1) is 0 Å². The fourth-order valence-corrected chi connectivity index (χ4v) is 5.82. The summed E-state index contributed by atoms with van der Waals surface area (Å²) in [5.41, 5.74) is 1.11. The Bertz CT molecular complexity index is 1050. The Morgan fingerprint density at radius 1 is 0.871 bits per heavy atom. The molecule has 6 nitrogen and oxygen atoms in total. The minimum atomic E-state index is -3.65. The predicted octanol–water partition coefficient (Wildman–Crippen LogP) is 3.62. The number of rotatable bonds is 4. The second-order valence-corrected chi connectivity index (χ2v) is 10.2. The van der Waals surface area contributed by atoms with Crippen LogP contribution in [-0.2, 0) is 10.0 Å². The molecule has 0 spiro atoms. The lowest BCUT2D eigenvalue weighted by atomic mass is 10.1. The lowest BCUT2D eigenvalue weighted by Crippen LogP contribution is -2.48. The summed E-state index contributed by atoms with van der Waals surface area (Å²) < 4.78 is 40.6. The van der Waals surface area contributed by atoms with E-state index < -0.39 is 10.0 Å². The van der Waals surface area contributed by atoms with Crippen molar-refractivity contribution in [1.82, 2.24) is 9.21 Å². The maximum Gasteiger partial charge on any atom is 0.255 e. The van der Waals surface area contributed by atoms with Crippen molar-refractivity contribution < 1.29 is 17.6 Å². The van der Waals surface area contributed by atoms with E-state index in [0.717, 1.165) is 24.9 Å². The zero-order valence-electron chi connectivity index (χ0n) is 17.1. The van der Waals surface area contributed by atoms with Crippen molar-refractivity contribution in [2.75, 3.05) is 44.2 Å². The van der Waals surface area contributed by atoms with Gasteiger partial charge in [0.25, 0.3) is 5.91 Å². The van der Waals surface area contributed by atoms with E-state index in [1.807, 2.05) is 0 Å². The summed E-state index contributed by atoms with van der Waals surface area (Å²) in [5.74, 6) is -0.564. The summed E-state index contributed by atoms with van der Waals surface area (Å²) in [4.78, 5) is 17.0. The van der Waals surface area contributed by atoms with Gasteiger partial charge in [-0.2, -0.15) is 4.31 Å². The number of piperazine rings is 1. The average Bonchev–Trinajstić information content (AvgIpc) is 2.80. The Hall–Kier alpha value is -2.16. The van der Waals surface area contributed by atoms with Crippen molar-refractivity contribution in [2.45, 2.75) is 24.2 Å². The normalized spacial score (nSPS) is 18.3. The van der Waals surface area contributed by atoms with E-state index in [2.05, 4.69) is 4.90 Å². The van der Waals surface area contributed by atoms with Crippen LogP contribution in [0.4, 0.5) is 10.1 Å². The molecule has 2 saturated heterocycles. The number of piperidine rings is 1. The second-order valence-electron chi connectivity index (χ2n) is 7.86. The average molecular weight is 466 g/mol. The zero-order chi connectivity index (χ0) is 22.0. The molecule has 2 aromatic rings. The van der Waals surface area contributed by atoms with Crippen LogP contribution in [0, 0.1) is 5.82 Å². The van der Waals surface area contributed by atoms with Gasteiger partial charge in [0, 0.05) is 45.0 Å². The molecule has 0 saturated carbocycles. The summed E-state index contributed by atoms with van der Waals surface area (Å²) in [6.07, 6.45) is 2.72. The predicted molar refractivity (Wildman–Crippen MR) is 119 cm³/mol. The maximum absolute atomic E-state index is 13.2. The molecule has 0 bridgehead atoms. The van der Waals surface area contributed by atoms with E-state index in [0.29, 0.717) is 39.3 Å². The van der Waals surface area contributed by atoms with Crippen LogP contribution in [0.5, 0.6) is 0 Å². The van der Waals surface area contributed by atoms with Gasteiger partial charge < -0.3 is 9.80 Å². The third-order valence-corrected chi connectivity index (χ3v) is 8.10. The SMILES string of the molecule is O=C(c1cc(S(=O)(=O)N2CCCCC2)ccc1Cl)N1CCN(c2ccc(F)cc2)CC1. The third kappa shape index (κ3) is 4.71. The molecule has 2 aliphatic rings. The molecular formula is C22H25ClFN3O3S. The number of carbonyl (C=O) groups excluding carboxylic acids is 1. The van der Waals surface area contributed by atoms with E-state index in [1.165, 1.54) is 34.6 Å². The number of amides is 1. The molecule has 166 valence electrons. The van der Waals surface area contributed by atoms with Crippen LogP contribution in [0.3, 0.4) is 0 Å². The number of hydrogen-bond donors (Lipinski definition) is 0. The van der Waals surface area contributed by atoms with Crippen LogP contribution in [0.2, 0.25) is 5.02 Å². The largest absolute Gasteiger partial charge is 0.368 e. The Morgan fingerprint density at radius 2 is 1.52 bits per heavy atom. The van der Waals surface area contributed by atoms with E-state index >= 15 is 0 Å². The van der Waals surface area contributed by atoms with Gasteiger partial charge in [-0.1, -0.05) is 18.0 Å². The molecular weight excluding hydrogens is 441 g/mol. The van der Waals surface area contributed by atoms with Gasteiger partial charge in [0.1, 0.15) is 5.82 Å². The highest BCUT2D eigenvalue weighted by Crippen LogP contribution is 2.27. The minimum Gasteiger partial charge on any atom is -0.368 e. The summed E-state index contributed by atoms with van der Waals surface area (Å²) in [6.45, 7) is 3.13. The molecule has 2 aromatic carbocycles. The van der Waals surface area contributed by atoms with Crippen LogP contribution < -0.4 is 4.90 Å². The highest BCUT2D eigenvalue weighted by Gasteiger charge is 2.29. The lowest BCUT2D eigenvalue weighted by molar-refractivity contribution is 0.0746. The molecule has 0 N–H and O–H groups in total. The van der Waals surface area contributed by atoms with Gasteiger partial charge in [0.2, 0.25) is 10.0 Å². The van der Waals surface area contributed by atoms with E-state index in [-0.39, 0.29) is 27.2 Å². The number of hydrogen-bond acceptors (Lipinski definition) is 4. The minimum absolute atomic E-state index is 0.104. The first-order chi connectivity index (χ1) is 14.9. The molecule has 1 amide bonds. The number of sulfonamides is 1. The van der Waals surface area contributed by atoms with Crippen LogP contribution in [0.15, 0.2) is 47.4 Å². The van der Waals surface area contributed by atoms with Gasteiger partial charge >= 0.3 is 0 Å². The molecule has 2 heterocycles. The first kappa shape index (κ1) is 22.0. The van der Waals surface area contributed by atoms with Crippen molar-refractivity contribution in [2.24, 2.45) is 0 Å². The number of benzene rings is 2. The molecule has 2 fully saturated rings. The zero-order valence-corrected chi connectivity index (χ0v) is 18.7. The number of nitrogens with zero attached hydrogens (tertiary/aromatic N) is 3. The molecule has 0 unspecified atom stereocenters. The van der Waals surface area contributed by atoms with Crippen molar-refractivity contribution in [3.05, 3.63) is 58.9 Å². The van der Waals surface area contributed by atoms with Crippen molar-refractivity contribution >= 4 is 33.2 Å². The number of anilines is 1. The van der Waals surface area contributed by atoms with Gasteiger partial charge in [-0.05, 0) is 55.3 Å². The van der Waals surface area contributed by atoms with Crippen LogP contribution in [-0.4, -0.2) is 62.8 Å². The molecule has 9 heteroatoms. The first-order valence-electron chi connectivity index (χ1n) is 10.5. The van der Waals surface area contributed by atoms with Gasteiger partial charge in [0.05, 0.1) is 15.5 Å². The van der Waals surface area contributed by atoms with E-state index in [4.69, 9.17) is 11.6 Å². The van der Waals surface area contributed by atoms with Crippen molar-refractivity contribution in [3.63, 3.8) is 0 Å². The molecule has 0 atom stereocenters. The second kappa shape index (κ2) is 9.14. The smallest absolute Gasteiger partial charge is 0.255 e. The van der Waals surface area contributed by atoms with E-state index in [1.54, 1.807) is 17.0 Å². The Morgan fingerprint density at radius 3 is 2.16 bits per heavy atom. The highest BCUT2D eigenvalue weighted by molar-refractivity contribution is 7.89. The molecule has 2 aliphatic heterocycles. The molecule has 0 aromatic heterocycles. The van der Waals surface area contributed by atoms with Gasteiger partial charge in [-0.25, -0.2) is 12.8 Å². The number of halogens is 2. The summed E-state index contributed by atoms with van der Waals surface area (Å²) in [6, 6.07) is 10.6. The molecule has 0 aliphatic carbocycles.